The molecule has 0 spiro atoms. The molecule has 0 radical (unpaired) electrons. The molecule has 4 aromatic carbocycles. The average Bonchev–Trinajstić information content (AvgIpc) is 3.14. The summed E-state index contributed by atoms with van der Waals surface area (Å²) in [4.78, 5) is 68.3. The van der Waals surface area contributed by atoms with E-state index in [0.29, 0.717) is 34.1 Å². The van der Waals surface area contributed by atoms with Crippen molar-refractivity contribution in [1.82, 2.24) is 5.32 Å². The Balaban J connectivity index is 1.53. The molecule has 0 unspecified atom stereocenters. The molecule has 0 atom stereocenters. The van der Waals surface area contributed by atoms with E-state index in [0.717, 1.165) is 0 Å². The monoisotopic (exact) mass is 697 g/mol. The fraction of sp³-hybridized carbons (Fsp3) is 0.216. The van der Waals surface area contributed by atoms with Crippen molar-refractivity contribution in [2.24, 2.45) is 0 Å². The molecule has 3 N–H and O–H groups in total. The van der Waals surface area contributed by atoms with Gasteiger partial charge in [0.1, 0.15) is 23.8 Å². The lowest BCUT2D eigenvalue weighted by Crippen LogP contribution is -2.46. The first-order valence-corrected chi connectivity index (χ1v) is 15.7. The maximum absolute atomic E-state index is 13.8. The van der Waals surface area contributed by atoms with E-state index in [2.05, 4.69) is 10.6 Å². The molecule has 0 aliphatic carbocycles. The van der Waals surface area contributed by atoms with Crippen LogP contribution in [0.4, 0.5) is 27.5 Å². The van der Waals surface area contributed by atoms with E-state index in [1.807, 2.05) is 6.07 Å². The highest BCUT2D eigenvalue weighted by molar-refractivity contribution is 6.06. The minimum atomic E-state index is -1.02. The van der Waals surface area contributed by atoms with E-state index in [4.69, 9.17) is 19.3 Å². The standard InChI is InChI=1S/C37H39N5O9/c1-40(27-13-6-5-7-14-27)34(44)23-42(33(43)22-38-37(48)39-26-12-10-11-25(17-26)18-36(46)47)31-15-8-9-16-32(31)51-24-35(45)41(2)28-19-29(49-3)21-30(20-28)50-4/h5-17,19-21H,18,22-24H2,1-4H3,(H,46,47)(H2,38,39,48). The quantitative estimate of drug-likeness (QED) is 0.165. The van der Waals surface area contributed by atoms with E-state index >= 15 is 0 Å². The van der Waals surface area contributed by atoms with Crippen molar-refractivity contribution in [1.29, 1.82) is 0 Å². The van der Waals surface area contributed by atoms with Crippen LogP contribution in [0.1, 0.15) is 5.56 Å². The maximum Gasteiger partial charge on any atom is 0.319 e. The number of anilines is 4. The highest BCUT2D eigenvalue weighted by Gasteiger charge is 2.26. The maximum atomic E-state index is 13.8. The van der Waals surface area contributed by atoms with Crippen LogP contribution in [0.2, 0.25) is 0 Å². The van der Waals surface area contributed by atoms with Crippen LogP contribution in [-0.2, 0) is 25.6 Å². The SMILES string of the molecule is COc1cc(OC)cc(N(C)C(=O)COc2ccccc2N(CC(=O)N(C)c2ccccc2)C(=O)CNC(=O)Nc2cccc(CC(=O)O)c2)c1. The minimum absolute atomic E-state index is 0.144. The summed E-state index contributed by atoms with van der Waals surface area (Å²) in [5, 5.41) is 14.1. The number of likely N-dealkylation sites (N-methyl/N-ethyl adjacent to an activating group) is 2. The zero-order chi connectivity index (χ0) is 36.9. The Kier molecular flexibility index (Phi) is 12.9. The number of ether oxygens (including phenoxy) is 3. The Labute approximate surface area is 295 Å². The second kappa shape index (κ2) is 17.7. The summed E-state index contributed by atoms with van der Waals surface area (Å²) in [5.41, 5.74) is 2.10. The Morgan fingerprint density at radius 2 is 1.35 bits per heavy atom. The molecule has 0 heterocycles. The number of urea groups is 1. The number of aliphatic carboxylic acids is 1. The molecule has 14 heteroatoms. The van der Waals surface area contributed by atoms with Gasteiger partial charge in [0.15, 0.2) is 6.61 Å². The van der Waals surface area contributed by atoms with Gasteiger partial charge in [-0.25, -0.2) is 4.79 Å². The van der Waals surface area contributed by atoms with Crippen molar-refractivity contribution in [2.45, 2.75) is 6.42 Å². The number of methoxy groups -OCH3 is 2. The number of benzene rings is 4. The van der Waals surface area contributed by atoms with Crippen LogP contribution in [0, 0.1) is 0 Å². The van der Waals surface area contributed by atoms with E-state index in [1.54, 1.807) is 99.0 Å². The largest absolute Gasteiger partial charge is 0.497 e. The highest BCUT2D eigenvalue weighted by Crippen LogP contribution is 2.30. The molecule has 0 aromatic heterocycles. The molecule has 0 fully saturated rings. The number of hydrogen-bond acceptors (Lipinski definition) is 8. The Bertz CT molecular complexity index is 1850. The van der Waals surface area contributed by atoms with Crippen molar-refractivity contribution in [3.05, 3.63) is 103 Å². The molecular weight excluding hydrogens is 658 g/mol. The van der Waals surface area contributed by atoms with Crippen LogP contribution in [-0.4, -0.2) is 82.8 Å². The van der Waals surface area contributed by atoms with Crippen molar-refractivity contribution < 1.29 is 43.3 Å². The second-order valence-corrected chi connectivity index (χ2v) is 11.1. The zero-order valence-electron chi connectivity index (χ0n) is 28.6. The molecule has 0 bridgehead atoms. The lowest BCUT2D eigenvalue weighted by Gasteiger charge is -2.27. The third-order valence-electron chi connectivity index (χ3n) is 7.66. The molecule has 0 aliphatic rings. The van der Waals surface area contributed by atoms with Crippen LogP contribution < -0.4 is 39.5 Å². The van der Waals surface area contributed by atoms with Gasteiger partial charge in [0.25, 0.3) is 5.91 Å². The molecule has 0 saturated heterocycles. The van der Waals surface area contributed by atoms with E-state index in [9.17, 15) is 24.0 Å². The molecular formula is C37H39N5O9. The van der Waals surface area contributed by atoms with Crippen molar-refractivity contribution in [2.75, 3.05) is 68.0 Å². The number of rotatable bonds is 15. The second-order valence-electron chi connectivity index (χ2n) is 11.1. The van der Waals surface area contributed by atoms with Gasteiger partial charge in [-0.15, -0.1) is 0 Å². The highest BCUT2D eigenvalue weighted by atomic mass is 16.5. The fourth-order valence-electron chi connectivity index (χ4n) is 4.87. The van der Waals surface area contributed by atoms with Crippen LogP contribution >= 0.6 is 0 Å². The number of para-hydroxylation sites is 3. The van der Waals surface area contributed by atoms with Crippen molar-refractivity contribution in [3.63, 3.8) is 0 Å². The topological polar surface area (TPSA) is 167 Å². The van der Waals surface area contributed by atoms with E-state index < -0.39 is 49.4 Å². The van der Waals surface area contributed by atoms with Gasteiger partial charge in [-0.1, -0.05) is 42.5 Å². The van der Waals surface area contributed by atoms with Crippen molar-refractivity contribution in [3.8, 4) is 17.2 Å². The van der Waals surface area contributed by atoms with Crippen LogP contribution in [0.3, 0.4) is 0 Å². The molecule has 5 amide bonds. The van der Waals surface area contributed by atoms with Crippen LogP contribution in [0.25, 0.3) is 0 Å². The predicted molar refractivity (Wildman–Crippen MR) is 192 cm³/mol. The molecule has 266 valence electrons. The first-order chi connectivity index (χ1) is 24.5. The number of carboxylic acids is 1. The van der Waals surface area contributed by atoms with E-state index in [1.165, 1.54) is 35.0 Å². The Hall–Kier alpha value is -6.57. The van der Waals surface area contributed by atoms with Gasteiger partial charge in [-0.2, -0.15) is 0 Å². The number of carbonyl (C=O) groups excluding carboxylic acids is 4. The van der Waals surface area contributed by atoms with Gasteiger partial charge < -0.3 is 39.8 Å². The summed E-state index contributed by atoms with van der Waals surface area (Å²) < 4.78 is 16.6. The van der Waals surface area contributed by atoms with Gasteiger partial charge in [-0.3, -0.25) is 24.1 Å². The number of carboxylic acid groups (broad SMARTS) is 1. The van der Waals surface area contributed by atoms with Gasteiger partial charge in [0.05, 0.1) is 38.6 Å². The normalized spacial score (nSPS) is 10.4. The lowest BCUT2D eigenvalue weighted by molar-refractivity contribution is -0.136. The number of hydrogen-bond donors (Lipinski definition) is 3. The first kappa shape index (κ1) is 37.3. The summed E-state index contributed by atoms with van der Waals surface area (Å²) in [5.74, 6) is -1.41. The molecule has 0 saturated carbocycles. The third-order valence-corrected chi connectivity index (χ3v) is 7.66. The fourth-order valence-corrected chi connectivity index (χ4v) is 4.87. The lowest BCUT2D eigenvalue weighted by atomic mass is 10.1. The Morgan fingerprint density at radius 1 is 0.706 bits per heavy atom. The number of nitrogens with one attached hydrogen (secondary N) is 2. The molecule has 4 aromatic rings. The number of nitrogens with zero attached hydrogens (tertiary/aromatic N) is 3. The third kappa shape index (κ3) is 10.5. The van der Waals surface area contributed by atoms with Gasteiger partial charge in [-0.05, 0) is 42.0 Å². The Morgan fingerprint density at radius 3 is 2.02 bits per heavy atom. The first-order valence-electron chi connectivity index (χ1n) is 15.7. The summed E-state index contributed by atoms with van der Waals surface area (Å²) in [7, 11) is 6.15. The van der Waals surface area contributed by atoms with Gasteiger partial charge in [0, 0.05) is 43.7 Å². The molecule has 4 rings (SSSR count). The van der Waals surface area contributed by atoms with Crippen LogP contribution in [0.15, 0.2) is 97.1 Å². The van der Waals surface area contributed by atoms with Gasteiger partial charge in [0.2, 0.25) is 11.8 Å². The molecule has 14 nitrogen and oxygen atoms in total. The summed E-state index contributed by atoms with van der Waals surface area (Å²) in [6.45, 7) is -1.37. The summed E-state index contributed by atoms with van der Waals surface area (Å²) in [6, 6.07) is 25.9. The average molecular weight is 698 g/mol. The summed E-state index contributed by atoms with van der Waals surface area (Å²) >= 11 is 0. The predicted octanol–water partition coefficient (Wildman–Crippen LogP) is 4.19. The van der Waals surface area contributed by atoms with Crippen molar-refractivity contribution >= 4 is 52.5 Å². The summed E-state index contributed by atoms with van der Waals surface area (Å²) in [6.07, 6.45) is -0.227. The molecule has 51 heavy (non-hydrogen) atoms. The zero-order valence-corrected chi connectivity index (χ0v) is 28.6. The smallest absolute Gasteiger partial charge is 0.319 e. The number of carbonyl (C=O) groups is 5. The minimum Gasteiger partial charge on any atom is -0.497 e. The molecule has 0 aliphatic heterocycles. The van der Waals surface area contributed by atoms with Gasteiger partial charge >= 0.3 is 12.0 Å². The van der Waals surface area contributed by atoms with Crippen LogP contribution in [0.5, 0.6) is 17.2 Å². The number of amides is 5. The van der Waals surface area contributed by atoms with E-state index in [-0.39, 0.29) is 17.9 Å².